The van der Waals surface area contributed by atoms with E-state index in [1.54, 1.807) is 24.3 Å². The van der Waals surface area contributed by atoms with Gasteiger partial charge in [-0.05, 0) is 61.4 Å². The smallest absolute Gasteiger partial charge is 0.339 e. The van der Waals surface area contributed by atoms with Crippen LogP contribution in [0, 0.1) is 0 Å². The summed E-state index contributed by atoms with van der Waals surface area (Å²) in [5, 5.41) is 3.69. The maximum absolute atomic E-state index is 13.1. The number of nitrogens with one attached hydrogen (secondary N) is 1. The fourth-order valence-corrected chi connectivity index (χ4v) is 5.35. The van der Waals surface area contributed by atoms with Crippen LogP contribution < -0.4 is 14.2 Å². The van der Waals surface area contributed by atoms with Crippen LogP contribution in [0.15, 0.2) is 77.8 Å². The van der Waals surface area contributed by atoms with Gasteiger partial charge in [0, 0.05) is 17.8 Å². The quantitative estimate of drug-likeness (QED) is 0.353. The standard InChI is InChI=1S/C26H27N3O4S/c1-32-20-14-16-21(17-15-20)34(30,31)33-23-12-6-5-11-22(23)25-26(27-19-9-3-2-4-10-19)29-18-8-7-13-24(29)28-25/h5-8,11-19,27H,2-4,9-10H2,1H3. The van der Waals surface area contributed by atoms with Gasteiger partial charge < -0.3 is 14.2 Å². The molecule has 1 fully saturated rings. The van der Waals surface area contributed by atoms with Gasteiger partial charge in [0.2, 0.25) is 0 Å². The molecule has 0 bridgehead atoms. The first-order chi connectivity index (χ1) is 16.5. The zero-order valence-corrected chi connectivity index (χ0v) is 19.8. The van der Waals surface area contributed by atoms with Crippen LogP contribution in [0.2, 0.25) is 0 Å². The first-order valence-corrected chi connectivity index (χ1v) is 12.9. The number of methoxy groups -OCH3 is 1. The van der Waals surface area contributed by atoms with E-state index in [0.717, 1.165) is 24.3 Å². The number of nitrogens with zero attached hydrogens (tertiary/aromatic N) is 2. The monoisotopic (exact) mass is 477 g/mol. The predicted molar refractivity (Wildman–Crippen MR) is 132 cm³/mol. The summed E-state index contributed by atoms with van der Waals surface area (Å²) in [6, 6.07) is 19.4. The van der Waals surface area contributed by atoms with Crippen molar-refractivity contribution in [3.8, 4) is 22.8 Å². The van der Waals surface area contributed by atoms with Gasteiger partial charge in [-0.1, -0.05) is 37.5 Å². The fourth-order valence-electron chi connectivity index (χ4n) is 4.41. The molecule has 0 unspecified atom stereocenters. The molecule has 2 heterocycles. The number of imidazole rings is 1. The van der Waals surface area contributed by atoms with Gasteiger partial charge in [0.25, 0.3) is 0 Å². The Morgan fingerprint density at radius 3 is 2.44 bits per heavy atom. The van der Waals surface area contributed by atoms with Crippen molar-refractivity contribution in [1.82, 2.24) is 9.38 Å². The number of fused-ring (bicyclic) bond motifs is 1. The summed E-state index contributed by atoms with van der Waals surface area (Å²) in [6.07, 6.45) is 7.83. The first-order valence-electron chi connectivity index (χ1n) is 11.5. The number of rotatable bonds is 7. The van der Waals surface area contributed by atoms with Crippen LogP contribution in [0.4, 0.5) is 5.82 Å². The highest BCUT2D eigenvalue weighted by atomic mass is 32.2. The number of benzene rings is 2. The highest BCUT2D eigenvalue weighted by Gasteiger charge is 2.24. The summed E-state index contributed by atoms with van der Waals surface area (Å²) in [7, 11) is -2.52. The van der Waals surface area contributed by atoms with Crippen molar-refractivity contribution >= 4 is 21.6 Å². The number of pyridine rings is 1. The van der Waals surface area contributed by atoms with E-state index in [2.05, 4.69) is 5.32 Å². The molecule has 0 atom stereocenters. The SMILES string of the molecule is COc1ccc(S(=O)(=O)Oc2ccccc2-c2nc3ccccn3c2NC2CCCCC2)cc1. The van der Waals surface area contributed by atoms with Crippen molar-refractivity contribution in [3.63, 3.8) is 0 Å². The number of para-hydroxylation sites is 1. The molecular formula is C26H27N3O4S. The van der Waals surface area contributed by atoms with Crippen LogP contribution in [0.3, 0.4) is 0 Å². The van der Waals surface area contributed by atoms with E-state index < -0.39 is 10.1 Å². The lowest BCUT2D eigenvalue weighted by Gasteiger charge is -2.24. The van der Waals surface area contributed by atoms with Crippen molar-refractivity contribution < 1.29 is 17.3 Å². The Balaban J connectivity index is 1.55. The molecule has 1 aliphatic rings. The van der Waals surface area contributed by atoms with E-state index in [0.29, 0.717) is 23.0 Å². The fraction of sp³-hybridized carbons (Fsp3) is 0.269. The summed E-state index contributed by atoms with van der Waals surface area (Å²) >= 11 is 0. The number of anilines is 1. The number of ether oxygens (including phenoxy) is 1. The van der Waals surface area contributed by atoms with Crippen molar-refractivity contribution in [3.05, 3.63) is 72.9 Å². The third kappa shape index (κ3) is 4.46. The normalized spacial score (nSPS) is 14.7. The zero-order valence-electron chi connectivity index (χ0n) is 19.0. The van der Waals surface area contributed by atoms with Gasteiger partial charge >= 0.3 is 10.1 Å². The summed E-state index contributed by atoms with van der Waals surface area (Å²) in [4.78, 5) is 4.90. The highest BCUT2D eigenvalue weighted by molar-refractivity contribution is 7.87. The van der Waals surface area contributed by atoms with Gasteiger partial charge in [0.15, 0.2) is 5.75 Å². The Bertz CT molecular complexity index is 1390. The second-order valence-corrected chi connectivity index (χ2v) is 9.97. The number of hydrogen-bond donors (Lipinski definition) is 1. The Morgan fingerprint density at radius 2 is 1.68 bits per heavy atom. The van der Waals surface area contributed by atoms with Crippen LogP contribution in [-0.2, 0) is 10.1 Å². The van der Waals surface area contributed by atoms with Crippen LogP contribution in [0.5, 0.6) is 11.5 Å². The highest BCUT2D eigenvalue weighted by Crippen LogP contribution is 2.37. The molecule has 8 heteroatoms. The van der Waals surface area contributed by atoms with Gasteiger partial charge in [-0.2, -0.15) is 8.42 Å². The molecule has 0 saturated heterocycles. The maximum atomic E-state index is 13.1. The van der Waals surface area contributed by atoms with Gasteiger partial charge in [-0.3, -0.25) is 4.40 Å². The lowest BCUT2D eigenvalue weighted by atomic mass is 9.95. The minimum absolute atomic E-state index is 0.0543. The average Bonchev–Trinajstić information content (AvgIpc) is 3.23. The number of aromatic nitrogens is 2. The summed E-state index contributed by atoms with van der Waals surface area (Å²) in [5.41, 5.74) is 2.06. The lowest BCUT2D eigenvalue weighted by molar-refractivity contribution is 0.414. The summed E-state index contributed by atoms with van der Waals surface area (Å²) < 4.78 is 38.9. The van der Waals surface area contributed by atoms with Crippen LogP contribution in [-0.4, -0.2) is 31.0 Å². The van der Waals surface area contributed by atoms with E-state index in [1.807, 2.05) is 40.9 Å². The molecule has 1 aliphatic carbocycles. The molecule has 0 amide bonds. The molecule has 176 valence electrons. The molecule has 34 heavy (non-hydrogen) atoms. The molecule has 5 rings (SSSR count). The van der Waals surface area contributed by atoms with Crippen molar-refractivity contribution in [1.29, 1.82) is 0 Å². The maximum Gasteiger partial charge on any atom is 0.339 e. The van der Waals surface area contributed by atoms with E-state index >= 15 is 0 Å². The zero-order chi connectivity index (χ0) is 23.5. The first kappa shape index (κ1) is 22.3. The van der Waals surface area contributed by atoms with Crippen molar-refractivity contribution in [2.75, 3.05) is 12.4 Å². The van der Waals surface area contributed by atoms with E-state index in [1.165, 1.54) is 38.5 Å². The van der Waals surface area contributed by atoms with Crippen LogP contribution in [0.25, 0.3) is 16.9 Å². The third-order valence-corrected chi connectivity index (χ3v) is 7.41. The Labute approximate surface area is 199 Å². The van der Waals surface area contributed by atoms with Crippen LogP contribution >= 0.6 is 0 Å². The molecule has 0 radical (unpaired) electrons. The Kier molecular flexibility index (Phi) is 6.15. The third-order valence-electron chi connectivity index (χ3n) is 6.17. The molecule has 1 N–H and O–H groups in total. The van der Waals surface area contributed by atoms with Crippen LogP contribution in [0.1, 0.15) is 32.1 Å². The Hall–Kier alpha value is -3.52. The molecule has 0 spiro atoms. The van der Waals surface area contributed by atoms with E-state index in [9.17, 15) is 8.42 Å². The molecule has 7 nitrogen and oxygen atoms in total. The largest absolute Gasteiger partial charge is 0.497 e. The summed E-state index contributed by atoms with van der Waals surface area (Å²) in [6.45, 7) is 0. The molecule has 4 aromatic rings. The lowest BCUT2D eigenvalue weighted by Crippen LogP contribution is -2.23. The molecule has 0 aliphatic heterocycles. The molecule has 1 saturated carbocycles. The van der Waals surface area contributed by atoms with Gasteiger partial charge in [0.05, 0.1) is 7.11 Å². The van der Waals surface area contributed by atoms with Gasteiger partial charge in [-0.15, -0.1) is 0 Å². The van der Waals surface area contributed by atoms with Crippen molar-refractivity contribution in [2.24, 2.45) is 0 Å². The van der Waals surface area contributed by atoms with E-state index in [4.69, 9.17) is 13.9 Å². The van der Waals surface area contributed by atoms with Gasteiger partial charge in [-0.25, -0.2) is 4.98 Å². The Morgan fingerprint density at radius 1 is 0.941 bits per heavy atom. The topological polar surface area (TPSA) is 81.9 Å². The predicted octanol–water partition coefficient (Wildman–Crippen LogP) is 5.52. The second-order valence-electron chi connectivity index (χ2n) is 8.43. The summed E-state index contributed by atoms with van der Waals surface area (Å²) in [5.74, 6) is 1.65. The minimum atomic E-state index is -4.05. The minimum Gasteiger partial charge on any atom is -0.497 e. The number of hydrogen-bond acceptors (Lipinski definition) is 6. The van der Waals surface area contributed by atoms with E-state index in [-0.39, 0.29) is 10.6 Å². The molecular weight excluding hydrogens is 450 g/mol. The second kappa shape index (κ2) is 9.38. The van der Waals surface area contributed by atoms with Gasteiger partial charge in [0.1, 0.15) is 27.8 Å². The van der Waals surface area contributed by atoms with Crippen molar-refractivity contribution in [2.45, 2.75) is 43.0 Å². The molecule has 2 aromatic heterocycles. The average molecular weight is 478 g/mol. The molecule has 2 aromatic carbocycles.